The first-order valence-corrected chi connectivity index (χ1v) is 7.08. The zero-order valence-electron chi connectivity index (χ0n) is 11.7. The molecule has 0 amide bonds. The van der Waals surface area contributed by atoms with Gasteiger partial charge in [-0.05, 0) is 24.3 Å². The van der Waals surface area contributed by atoms with Crippen molar-refractivity contribution in [1.29, 1.82) is 0 Å². The molecule has 2 aliphatic rings. The number of piperazine rings is 1. The molecule has 0 saturated carbocycles. The Balaban J connectivity index is 1.82. The number of nitro groups is 1. The van der Waals surface area contributed by atoms with Crippen LogP contribution in [-0.4, -0.2) is 42.2 Å². The van der Waals surface area contributed by atoms with Gasteiger partial charge in [0, 0.05) is 50.2 Å². The largest absolute Gasteiger partial charge is 0.328 e. The molecule has 110 valence electrons. The Morgan fingerprint density at radius 1 is 1.14 bits per heavy atom. The molecule has 1 unspecified atom stereocenters. The van der Waals surface area contributed by atoms with Crippen molar-refractivity contribution in [2.24, 2.45) is 0 Å². The average Bonchev–Trinajstić information content (AvgIpc) is 2.56. The van der Waals surface area contributed by atoms with Crippen LogP contribution in [0.15, 0.2) is 48.7 Å². The molecule has 1 N–H and O–H groups in total. The summed E-state index contributed by atoms with van der Waals surface area (Å²) in [6.07, 6.45) is 8.38. The number of non-ortho nitro benzene ring substituents is 1. The predicted molar refractivity (Wildman–Crippen MR) is 82.1 cm³/mol. The molecule has 6 nitrogen and oxygen atoms in total. The number of nitro benzene ring substituents is 1. The van der Waals surface area contributed by atoms with Crippen LogP contribution >= 0.6 is 0 Å². The SMILES string of the molecule is O=[N+]([O-])c1ccc(N2C=CC=CC2N2CCNCC2)cc1. The van der Waals surface area contributed by atoms with Crippen molar-refractivity contribution in [1.82, 2.24) is 10.2 Å². The lowest BCUT2D eigenvalue weighted by Gasteiger charge is -2.40. The normalized spacial score (nSPS) is 22.5. The van der Waals surface area contributed by atoms with Gasteiger partial charge in [0.1, 0.15) is 6.17 Å². The molecule has 1 saturated heterocycles. The molecule has 0 spiro atoms. The van der Waals surface area contributed by atoms with Gasteiger partial charge in [0.05, 0.1) is 4.92 Å². The molecule has 21 heavy (non-hydrogen) atoms. The molecule has 0 aromatic heterocycles. The van der Waals surface area contributed by atoms with Crippen LogP contribution in [0, 0.1) is 10.1 Å². The predicted octanol–water partition coefficient (Wildman–Crippen LogP) is 1.72. The lowest BCUT2D eigenvalue weighted by Crippen LogP contribution is -2.53. The first-order valence-electron chi connectivity index (χ1n) is 7.08. The molecule has 0 radical (unpaired) electrons. The molecule has 1 atom stereocenters. The summed E-state index contributed by atoms with van der Waals surface area (Å²) in [5.74, 6) is 0. The minimum absolute atomic E-state index is 0.119. The quantitative estimate of drug-likeness (QED) is 0.677. The second-order valence-corrected chi connectivity index (χ2v) is 5.11. The van der Waals surface area contributed by atoms with Crippen LogP contribution in [0.5, 0.6) is 0 Å². The van der Waals surface area contributed by atoms with Crippen molar-refractivity contribution in [3.8, 4) is 0 Å². The van der Waals surface area contributed by atoms with Gasteiger partial charge < -0.3 is 10.2 Å². The van der Waals surface area contributed by atoms with E-state index in [1.807, 2.05) is 12.3 Å². The van der Waals surface area contributed by atoms with Crippen LogP contribution < -0.4 is 10.2 Å². The van der Waals surface area contributed by atoms with Crippen molar-refractivity contribution < 1.29 is 4.92 Å². The minimum Gasteiger partial charge on any atom is -0.328 e. The van der Waals surface area contributed by atoms with E-state index in [1.165, 1.54) is 0 Å². The molecular weight excluding hydrogens is 268 g/mol. The highest BCUT2D eigenvalue weighted by Crippen LogP contribution is 2.25. The summed E-state index contributed by atoms with van der Waals surface area (Å²) < 4.78 is 0. The summed E-state index contributed by atoms with van der Waals surface area (Å²) in [5.41, 5.74) is 1.08. The van der Waals surface area contributed by atoms with Crippen LogP contribution in [0.25, 0.3) is 0 Å². The second kappa shape index (κ2) is 6.07. The molecule has 1 aromatic carbocycles. The summed E-state index contributed by atoms with van der Waals surface area (Å²) >= 11 is 0. The smallest absolute Gasteiger partial charge is 0.269 e. The first kappa shape index (κ1) is 13.8. The van der Waals surface area contributed by atoms with E-state index < -0.39 is 0 Å². The van der Waals surface area contributed by atoms with E-state index in [4.69, 9.17) is 0 Å². The highest BCUT2D eigenvalue weighted by molar-refractivity contribution is 5.55. The van der Waals surface area contributed by atoms with Crippen molar-refractivity contribution in [3.05, 3.63) is 58.8 Å². The zero-order chi connectivity index (χ0) is 14.7. The fraction of sp³-hybridized carbons (Fsp3) is 0.333. The van der Waals surface area contributed by atoms with Gasteiger partial charge in [-0.25, -0.2) is 0 Å². The Morgan fingerprint density at radius 3 is 2.52 bits per heavy atom. The summed E-state index contributed by atoms with van der Waals surface area (Å²) in [6, 6.07) is 6.71. The van der Waals surface area contributed by atoms with E-state index in [-0.39, 0.29) is 16.8 Å². The molecule has 1 fully saturated rings. The van der Waals surface area contributed by atoms with Crippen LogP contribution in [0.1, 0.15) is 0 Å². The van der Waals surface area contributed by atoms with Crippen LogP contribution in [0.2, 0.25) is 0 Å². The summed E-state index contributed by atoms with van der Waals surface area (Å²) in [5, 5.41) is 14.1. The van der Waals surface area contributed by atoms with Gasteiger partial charge in [-0.3, -0.25) is 15.0 Å². The zero-order valence-corrected chi connectivity index (χ0v) is 11.7. The van der Waals surface area contributed by atoms with Crippen molar-refractivity contribution in [3.63, 3.8) is 0 Å². The van der Waals surface area contributed by atoms with E-state index in [2.05, 4.69) is 27.3 Å². The molecule has 6 heteroatoms. The highest BCUT2D eigenvalue weighted by atomic mass is 16.6. The lowest BCUT2D eigenvalue weighted by atomic mass is 10.2. The molecular formula is C15H18N4O2. The Morgan fingerprint density at radius 2 is 1.86 bits per heavy atom. The lowest BCUT2D eigenvalue weighted by molar-refractivity contribution is -0.384. The third-order valence-corrected chi connectivity index (χ3v) is 3.81. The highest BCUT2D eigenvalue weighted by Gasteiger charge is 2.24. The number of nitrogens with one attached hydrogen (secondary N) is 1. The Labute approximate surface area is 123 Å². The molecule has 2 heterocycles. The van der Waals surface area contributed by atoms with Gasteiger partial charge in [-0.1, -0.05) is 6.08 Å². The van der Waals surface area contributed by atoms with Gasteiger partial charge in [0.25, 0.3) is 5.69 Å². The van der Waals surface area contributed by atoms with E-state index in [0.29, 0.717) is 0 Å². The number of nitrogens with zero attached hydrogens (tertiary/aromatic N) is 3. The van der Waals surface area contributed by atoms with Gasteiger partial charge in [0.2, 0.25) is 0 Å². The Kier molecular flexibility index (Phi) is 3.98. The number of hydrogen-bond donors (Lipinski definition) is 1. The molecule has 3 rings (SSSR count). The molecule has 2 aliphatic heterocycles. The molecule has 1 aromatic rings. The number of benzene rings is 1. The van der Waals surface area contributed by atoms with Crippen molar-refractivity contribution in [2.75, 3.05) is 31.1 Å². The fourth-order valence-corrected chi connectivity index (χ4v) is 2.72. The average molecular weight is 286 g/mol. The van der Waals surface area contributed by atoms with Crippen LogP contribution in [0.3, 0.4) is 0 Å². The number of rotatable bonds is 3. The summed E-state index contributed by atoms with van der Waals surface area (Å²) in [7, 11) is 0. The van der Waals surface area contributed by atoms with E-state index >= 15 is 0 Å². The van der Waals surface area contributed by atoms with Gasteiger partial charge in [0.15, 0.2) is 0 Å². The van der Waals surface area contributed by atoms with Crippen molar-refractivity contribution >= 4 is 11.4 Å². The second-order valence-electron chi connectivity index (χ2n) is 5.11. The van der Waals surface area contributed by atoms with E-state index in [1.54, 1.807) is 24.3 Å². The Bertz CT molecular complexity index is 562. The molecule has 0 bridgehead atoms. The third-order valence-electron chi connectivity index (χ3n) is 3.81. The van der Waals surface area contributed by atoms with Gasteiger partial charge >= 0.3 is 0 Å². The fourth-order valence-electron chi connectivity index (χ4n) is 2.72. The Hall–Kier alpha value is -2.18. The maximum Gasteiger partial charge on any atom is 0.269 e. The topological polar surface area (TPSA) is 61.7 Å². The van der Waals surface area contributed by atoms with Crippen molar-refractivity contribution in [2.45, 2.75) is 6.17 Å². The number of hydrogen-bond acceptors (Lipinski definition) is 5. The molecule has 0 aliphatic carbocycles. The van der Waals surface area contributed by atoms with Gasteiger partial charge in [-0.2, -0.15) is 0 Å². The number of anilines is 1. The summed E-state index contributed by atoms with van der Waals surface area (Å²) in [4.78, 5) is 14.9. The standard InChI is InChI=1S/C15H18N4O2/c20-19(21)14-6-4-13(5-7-14)18-10-2-1-3-15(18)17-11-8-16-9-12-17/h1-7,10,15-16H,8-9,11-12H2. The minimum atomic E-state index is -0.372. The summed E-state index contributed by atoms with van der Waals surface area (Å²) in [6.45, 7) is 3.96. The first-order chi connectivity index (χ1) is 10.3. The maximum atomic E-state index is 10.8. The van der Waals surface area contributed by atoms with Gasteiger partial charge in [-0.15, -0.1) is 0 Å². The van der Waals surface area contributed by atoms with E-state index in [0.717, 1.165) is 31.9 Å². The van der Waals surface area contributed by atoms with E-state index in [9.17, 15) is 10.1 Å². The van der Waals surface area contributed by atoms with Crippen LogP contribution in [0.4, 0.5) is 11.4 Å². The number of allylic oxidation sites excluding steroid dienone is 2. The third kappa shape index (κ3) is 2.96. The van der Waals surface area contributed by atoms with Crippen LogP contribution in [-0.2, 0) is 0 Å². The monoisotopic (exact) mass is 286 g/mol. The maximum absolute atomic E-state index is 10.8.